The lowest BCUT2D eigenvalue weighted by Crippen LogP contribution is -2.23. The molecule has 1 N–H and O–H groups in total. The molecule has 2 aromatic rings. The molecule has 0 heterocycles. The fraction of sp³-hybridized carbons (Fsp3) is 0.250. The Kier molecular flexibility index (Phi) is 5.93. The van der Waals surface area contributed by atoms with Crippen LogP contribution in [0.15, 0.2) is 41.3 Å². The van der Waals surface area contributed by atoms with Gasteiger partial charge in [0.1, 0.15) is 0 Å². The van der Waals surface area contributed by atoms with E-state index in [1.165, 1.54) is 45.6 Å². The van der Waals surface area contributed by atoms with Crippen LogP contribution in [0.4, 0.5) is 0 Å². The van der Waals surface area contributed by atoms with Gasteiger partial charge in [0.15, 0.2) is 11.5 Å². The first-order chi connectivity index (χ1) is 11.4. The van der Waals surface area contributed by atoms with Crippen LogP contribution < -0.4 is 18.9 Å². The summed E-state index contributed by atoms with van der Waals surface area (Å²) < 4.78 is 43.0. The maximum atomic E-state index is 12.3. The molecule has 0 aliphatic heterocycles. The van der Waals surface area contributed by atoms with Crippen molar-refractivity contribution in [1.29, 1.82) is 0 Å². The molecule has 24 heavy (non-hydrogen) atoms. The average Bonchev–Trinajstić information content (AvgIpc) is 2.59. The highest BCUT2D eigenvalue weighted by molar-refractivity contribution is 7.89. The highest BCUT2D eigenvalue weighted by Crippen LogP contribution is 2.39. The molecule has 0 saturated heterocycles. The molecule has 0 aromatic heterocycles. The van der Waals surface area contributed by atoms with E-state index in [0.29, 0.717) is 27.8 Å². The molecule has 2 aromatic carbocycles. The van der Waals surface area contributed by atoms with Crippen LogP contribution in [-0.4, -0.2) is 29.7 Å². The monoisotopic (exact) mass is 371 g/mol. The highest BCUT2D eigenvalue weighted by Gasteiger charge is 2.19. The van der Waals surface area contributed by atoms with Gasteiger partial charge in [0.2, 0.25) is 15.8 Å². The molecule has 0 atom stereocenters. The highest BCUT2D eigenvalue weighted by atomic mass is 35.5. The number of sulfonamides is 1. The first kappa shape index (κ1) is 18.4. The second kappa shape index (κ2) is 7.74. The van der Waals surface area contributed by atoms with Gasteiger partial charge in [0.25, 0.3) is 0 Å². The molecule has 0 aliphatic carbocycles. The molecule has 0 radical (unpaired) electrons. The van der Waals surface area contributed by atoms with Crippen LogP contribution in [-0.2, 0) is 16.6 Å². The van der Waals surface area contributed by atoms with Gasteiger partial charge in [-0.3, -0.25) is 0 Å². The number of nitrogens with one attached hydrogen (secondary N) is 1. The van der Waals surface area contributed by atoms with Crippen molar-refractivity contribution in [2.24, 2.45) is 0 Å². The Bertz CT molecular complexity index is 806. The first-order valence-corrected chi connectivity index (χ1v) is 8.82. The quantitative estimate of drug-likeness (QED) is 0.810. The van der Waals surface area contributed by atoms with Crippen molar-refractivity contribution in [3.63, 3.8) is 0 Å². The largest absolute Gasteiger partial charge is 0.493 e. The van der Waals surface area contributed by atoms with Gasteiger partial charge in [0, 0.05) is 17.1 Å². The molecule has 130 valence electrons. The zero-order valence-electron chi connectivity index (χ0n) is 13.5. The van der Waals surface area contributed by atoms with E-state index in [4.69, 9.17) is 25.8 Å². The van der Waals surface area contributed by atoms with E-state index in [1.54, 1.807) is 12.1 Å². The van der Waals surface area contributed by atoms with Crippen LogP contribution in [0.2, 0.25) is 5.02 Å². The Morgan fingerprint density at radius 1 is 0.917 bits per heavy atom. The Labute approximate surface area is 146 Å². The van der Waals surface area contributed by atoms with E-state index in [-0.39, 0.29) is 11.4 Å². The second-order valence-electron chi connectivity index (χ2n) is 4.77. The summed E-state index contributed by atoms with van der Waals surface area (Å²) in [5.41, 5.74) is 0.618. The van der Waals surface area contributed by atoms with Crippen molar-refractivity contribution in [3.05, 3.63) is 47.0 Å². The molecule has 0 spiro atoms. The van der Waals surface area contributed by atoms with Crippen LogP contribution in [0.5, 0.6) is 17.2 Å². The summed E-state index contributed by atoms with van der Waals surface area (Å²) in [4.78, 5) is 0.131. The molecule has 0 aliphatic rings. The molecule has 6 nitrogen and oxygen atoms in total. The number of halogens is 1. The number of rotatable bonds is 7. The van der Waals surface area contributed by atoms with Gasteiger partial charge >= 0.3 is 0 Å². The van der Waals surface area contributed by atoms with Crippen LogP contribution in [0.3, 0.4) is 0 Å². The predicted molar refractivity (Wildman–Crippen MR) is 91.6 cm³/mol. The molecule has 8 heteroatoms. The lowest BCUT2D eigenvalue weighted by molar-refractivity contribution is 0.322. The van der Waals surface area contributed by atoms with Gasteiger partial charge in [-0.25, -0.2) is 13.1 Å². The molecule has 0 saturated carbocycles. The third-order valence-corrected chi connectivity index (χ3v) is 5.03. The topological polar surface area (TPSA) is 73.9 Å². The second-order valence-corrected chi connectivity index (χ2v) is 6.98. The van der Waals surface area contributed by atoms with Crippen molar-refractivity contribution in [2.45, 2.75) is 11.4 Å². The summed E-state index contributed by atoms with van der Waals surface area (Å²) in [6.45, 7) is 0.0362. The molecule has 0 bridgehead atoms. The van der Waals surface area contributed by atoms with Gasteiger partial charge in [-0.05, 0) is 30.3 Å². The van der Waals surface area contributed by atoms with Crippen LogP contribution in [0.25, 0.3) is 0 Å². The van der Waals surface area contributed by atoms with Gasteiger partial charge in [-0.2, -0.15) is 0 Å². The minimum absolute atomic E-state index is 0.0362. The van der Waals surface area contributed by atoms with Crippen LogP contribution >= 0.6 is 11.6 Å². The standard InChI is InChI=1S/C16H18ClNO5S/c1-21-14-9-4-11(15(22-2)16(14)23-3)10-18-24(19,20)13-7-5-12(17)6-8-13/h4-9,18H,10H2,1-3H3. The van der Waals surface area contributed by atoms with Crippen molar-refractivity contribution in [2.75, 3.05) is 21.3 Å². The van der Waals surface area contributed by atoms with Crippen molar-refractivity contribution >= 4 is 21.6 Å². The maximum absolute atomic E-state index is 12.3. The van der Waals surface area contributed by atoms with E-state index in [0.717, 1.165) is 0 Å². The van der Waals surface area contributed by atoms with Gasteiger partial charge in [-0.15, -0.1) is 0 Å². The molecular weight excluding hydrogens is 354 g/mol. The first-order valence-electron chi connectivity index (χ1n) is 6.96. The Balaban J connectivity index is 2.27. The van der Waals surface area contributed by atoms with E-state index in [9.17, 15) is 8.42 Å². The molecule has 0 unspecified atom stereocenters. The molecule has 2 rings (SSSR count). The smallest absolute Gasteiger partial charge is 0.240 e. The van der Waals surface area contributed by atoms with E-state index >= 15 is 0 Å². The fourth-order valence-corrected chi connectivity index (χ4v) is 3.30. The summed E-state index contributed by atoms with van der Waals surface area (Å²) in [6, 6.07) is 9.32. The third-order valence-electron chi connectivity index (χ3n) is 3.36. The molecular formula is C16H18ClNO5S. The molecule has 0 fully saturated rings. The summed E-state index contributed by atoms with van der Waals surface area (Å²) in [5.74, 6) is 1.32. The third kappa shape index (κ3) is 3.92. The summed E-state index contributed by atoms with van der Waals surface area (Å²) in [7, 11) is 0.811. The summed E-state index contributed by atoms with van der Waals surface area (Å²) in [6.07, 6.45) is 0. The summed E-state index contributed by atoms with van der Waals surface area (Å²) >= 11 is 5.78. The normalized spacial score (nSPS) is 11.2. The minimum Gasteiger partial charge on any atom is -0.493 e. The maximum Gasteiger partial charge on any atom is 0.240 e. The minimum atomic E-state index is -3.67. The zero-order valence-corrected chi connectivity index (χ0v) is 15.1. The van der Waals surface area contributed by atoms with E-state index < -0.39 is 10.0 Å². The number of benzene rings is 2. The molecule has 0 amide bonds. The van der Waals surface area contributed by atoms with Gasteiger partial charge in [0.05, 0.1) is 26.2 Å². The number of methoxy groups -OCH3 is 3. The SMILES string of the molecule is COc1ccc(CNS(=O)(=O)c2ccc(Cl)cc2)c(OC)c1OC. The Hall–Kier alpha value is -1.96. The summed E-state index contributed by atoms with van der Waals surface area (Å²) in [5, 5.41) is 0.468. The number of ether oxygens (including phenoxy) is 3. The lowest BCUT2D eigenvalue weighted by Gasteiger charge is -2.16. The van der Waals surface area contributed by atoms with E-state index in [1.807, 2.05) is 0 Å². The number of hydrogen-bond acceptors (Lipinski definition) is 5. The fourth-order valence-electron chi connectivity index (χ4n) is 2.17. The predicted octanol–water partition coefficient (Wildman–Crippen LogP) is 2.84. The van der Waals surface area contributed by atoms with Crippen LogP contribution in [0.1, 0.15) is 5.56 Å². The van der Waals surface area contributed by atoms with Gasteiger partial charge < -0.3 is 14.2 Å². The average molecular weight is 372 g/mol. The number of hydrogen-bond donors (Lipinski definition) is 1. The van der Waals surface area contributed by atoms with Crippen molar-refractivity contribution in [3.8, 4) is 17.2 Å². The van der Waals surface area contributed by atoms with Crippen molar-refractivity contribution in [1.82, 2.24) is 4.72 Å². The van der Waals surface area contributed by atoms with Crippen LogP contribution in [0, 0.1) is 0 Å². The Morgan fingerprint density at radius 3 is 2.08 bits per heavy atom. The van der Waals surface area contributed by atoms with Gasteiger partial charge in [-0.1, -0.05) is 17.7 Å². The Morgan fingerprint density at radius 2 is 1.54 bits per heavy atom. The van der Waals surface area contributed by atoms with E-state index in [2.05, 4.69) is 4.72 Å². The zero-order chi connectivity index (χ0) is 17.7. The van der Waals surface area contributed by atoms with Crippen molar-refractivity contribution < 1.29 is 22.6 Å². The lowest BCUT2D eigenvalue weighted by atomic mass is 10.1.